The molecule has 1 unspecified atom stereocenters. The van der Waals surface area contributed by atoms with Gasteiger partial charge in [0, 0.05) is 35.4 Å². The van der Waals surface area contributed by atoms with Gasteiger partial charge in [-0.2, -0.15) is 10.1 Å². The lowest BCUT2D eigenvalue weighted by atomic mass is 9.93. The highest BCUT2D eigenvalue weighted by molar-refractivity contribution is 5.95. The van der Waals surface area contributed by atoms with Crippen LogP contribution in [-0.4, -0.2) is 41.3 Å². The summed E-state index contributed by atoms with van der Waals surface area (Å²) in [6.45, 7) is 0. The third kappa shape index (κ3) is 5.32. The zero-order valence-corrected chi connectivity index (χ0v) is 21.9. The zero-order chi connectivity index (χ0) is 28.2. The Balaban J connectivity index is 1.49. The van der Waals surface area contributed by atoms with Gasteiger partial charge in [0.05, 0.1) is 20.4 Å². The Bertz CT molecular complexity index is 1620. The van der Waals surface area contributed by atoms with Crippen molar-refractivity contribution in [1.29, 1.82) is 0 Å². The largest absolute Gasteiger partial charge is 0.493 e. The maximum absolute atomic E-state index is 13.7. The molecule has 1 atom stereocenters. The Labute approximate surface area is 230 Å². The number of fused-ring (bicyclic) bond motifs is 1. The number of anilines is 2. The molecule has 0 spiro atoms. The number of aromatic nitrogens is 2. The summed E-state index contributed by atoms with van der Waals surface area (Å²) >= 11 is 0. The van der Waals surface area contributed by atoms with E-state index in [4.69, 9.17) is 20.9 Å². The lowest BCUT2D eigenvalue weighted by Gasteiger charge is -2.31. The standard InChI is InChI=1S/C30H27FN6O3/c1-39-25-15-18(14-22-16-34-30(33)36-29(22)32)13-20(28(25)40-2)9-12-26(38)37-27(19-7-10-23(31)11-8-19)24-6-4-3-5-21(24)17-35-37/h3-13,15-17,27H,14H2,1-2H3,(H4,32,33,34,36)/b12-9+. The van der Waals surface area contributed by atoms with Crippen LogP contribution in [0.15, 0.2) is 78.0 Å². The summed E-state index contributed by atoms with van der Waals surface area (Å²) < 4.78 is 24.9. The summed E-state index contributed by atoms with van der Waals surface area (Å²) in [4.78, 5) is 21.6. The van der Waals surface area contributed by atoms with Gasteiger partial charge >= 0.3 is 0 Å². The highest BCUT2D eigenvalue weighted by Crippen LogP contribution is 2.36. The molecule has 10 heteroatoms. The molecule has 4 aromatic rings. The number of amides is 1. The van der Waals surface area contributed by atoms with Crippen molar-refractivity contribution in [2.75, 3.05) is 25.7 Å². The van der Waals surface area contributed by atoms with E-state index in [-0.39, 0.29) is 23.5 Å². The van der Waals surface area contributed by atoms with E-state index in [0.717, 1.165) is 22.3 Å². The maximum Gasteiger partial charge on any atom is 0.267 e. The normalized spacial score (nSPS) is 14.3. The van der Waals surface area contributed by atoms with E-state index in [0.29, 0.717) is 29.0 Å². The first kappa shape index (κ1) is 26.4. The maximum atomic E-state index is 13.7. The first-order valence-electron chi connectivity index (χ1n) is 12.4. The third-order valence-corrected chi connectivity index (χ3v) is 6.55. The molecule has 0 bridgehead atoms. The number of rotatable bonds is 7. The quantitative estimate of drug-likeness (QED) is 0.334. The van der Waals surface area contributed by atoms with Gasteiger partial charge in [-0.25, -0.2) is 14.4 Å². The second-order valence-electron chi connectivity index (χ2n) is 9.08. The number of hydrogen-bond donors (Lipinski definition) is 2. The number of hydrazone groups is 1. The van der Waals surface area contributed by atoms with Crippen LogP contribution < -0.4 is 20.9 Å². The fourth-order valence-electron chi connectivity index (χ4n) is 4.66. The number of benzene rings is 3. The van der Waals surface area contributed by atoms with Crippen molar-refractivity contribution in [1.82, 2.24) is 15.0 Å². The van der Waals surface area contributed by atoms with Crippen LogP contribution in [0, 0.1) is 5.82 Å². The predicted molar refractivity (Wildman–Crippen MR) is 151 cm³/mol. The zero-order valence-electron chi connectivity index (χ0n) is 21.9. The van der Waals surface area contributed by atoms with Gasteiger partial charge in [0.15, 0.2) is 11.5 Å². The number of halogens is 1. The molecule has 0 aliphatic carbocycles. The molecule has 3 aromatic carbocycles. The van der Waals surface area contributed by atoms with Crippen LogP contribution in [0.4, 0.5) is 16.2 Å². The molecule has 1 aliphatic rings. The van der Waals surface area contributed by atoms with Gasteiger partial charge in [-0.05, 0) is 47.0 Å². The number of hydrogen-bond acceptors (Lipinski definition) is 8. The highest BCUT2D eigenvalue weighted by atomic mass is 19.1. The molecule has 5 rings (SSSR count). The van der Waals surface area contributed by atoms with E-state index in [2.05, 4.69) is 15.1 Å². The molecule has 0 radical (unpaired) electrons. The van der Waals surface area contributed by atoms with Crippen molar-refractivity contribution in [2.45, 2.75) is 12.5 Å². The van der Waals surface area contributed by atoms with E-state index in [9.17, 15) is 9.18 Å². The van der Waals surface area contributed by atoms with Gasteiger partial charge in [0.25, 0.3) is 5.91 Å². The van der Waals surface area contributed by atoms with Crippen molar-refractivity contribution in [2.24, 2.45) is 5.10 Å². The summed E-state index contributed by atoms with van der Waals surface area (Å²) in [5.74, 6) is 0.586. The van der Waals surface area contributed by atoms with Crippen molar-refractivity contribution >= 4 is 30.0 Å². The van der Waals surface area contributed by atoms with Crippen LogP contribution in [0.2, 0.25) is 0 Å². The topological polar surface area (TPSA) is 129 Å². The number of nitrogen functional groups attached to an aromatic ring is 2. The van der Waals surface area contributed by atoms with Gasteiger partial charge in [-0.1, -0.05) is 36.4 Å². The molecule has 0 fully saturated rings. The van der Waals surface area contributed by atoms with Gasteiger partial charge in [0.2, 0.25) is 5.95 Å². The third-order valence-electron chi connectivity index (χ3n) is 6.55. The second kappa shape index (κ2) is 11.2. The number of carbonyl (C=O) groups excluding carboxylic acids is 1. The molecule has 1 amide bonds. The van der Waals surface area contributed by atoms with Crippen LogP contribution in [0.25, 0.3) is 6.08 Å². The first-order chi connectivity index (χ1) is 19.4. The Morgan fingerprint density at radius 2 is 1.85 bits per heavy atom. The van der Waals surface area contributed by atoms with Crippen LogP contribution in [0.5, 0.6) is 11.5 Å². The lowest BCUT2D eigenvalue weighted by molar-refractivity contribution is -0.127. The number of nitrogens with two attached hydrogens (primary N) is 2. The van der Waals surface area contributed by atoms with Crippen molar-refractivity contribution in [3.8, 4) is 11.5 Å². The van der Waals surface area contributed by atoms with Gasteiger partial charge in [0.1, 0.15) is 17.7 Å². The summed E-state index contributed by atoms with van der Waals surface area (Å²) in [5, 5.41) is 5.83. The van der Waals surface area contributed by atoms with Crippen LogP contribution >= 0.6 is 0 Å². The van der Waals surface area contributed by atoms with E-state index >= 15 is 0 Å². The molecular formula is C30H27FN6O3. The molecular weight excluding hydrogens is 511 g/mol. The molecule has 0 saturated carbocycles. The van der Waals surface area contributed by atoms with E-state index in [1.54, 1.807) is 30.6 Å². The smallest absolute Gasteiger partial charge is 0.267 e. The number of nitrogens with zero attached hydrogens (tertiary/aromatic N) is 4. The van der Waals surface area contributed by atoms with E-state index in [1.807, 2.05) is 36.4 Å². The van der Waals surface area contributed by atoms with Gasteiger partial charge in [-0.15, -0.1) is 0 Å². The molecule has 9 nitrogen and oxygen atoms in total. The highest BCUT2D eigenvalue weighted by Gasteiger charge is 2.30. The minimum absolute atomic E-state index is 0.0950. The van der Waals surface area contributed by atoms with Crippen LogP contribution in [0.3, 0.4) is 0 Å². The monoisotopic (exact) mass is 538 g/mol. The van der Waals surface area contributed by atoms with E-state index < -0.39 is 6.04 Å². The molecule has 202 valence electrons. The molecule has 2 heterocycles. The van der Waals surface area contributed by atoms with Crippen LogP contribution in [-0.2, 0) is 11.2 Å². The first-order valence-corrected chi connectivity index (χ1v) is 12.4. The molecule has 40 heavy (non-hydrogen) atoms. The summed E-state index contributed by atoms with van der Waals surface area (Å²) in [7, 11) is 3.06. The van der Waals surface area contributed by atoms with E-state index in [1.165, 1.54) is 37.4 Å². The number of ether oxygens (including phenoxy) is 2. The van der Waals surface area contributed by atoms with Gasteiger partial charge < -0.3 is 20.9 Å². The average Bonchev–Trinajstić information content (AvgIpc) is 2.97. The summed E-state index contributed by atoms with van der Waals surface area (Å²) in [5.41, 5.74) is 16.3. The fourth-order valence-corrected chi connectivity index (χ4v) is 4.66. The molecule has 0 saturated heterocycles. The Hall–Kier alpha value is -5.25. The minimum atomic E-state index is -0.532. The van der Waals surface area contributed by atoms with Crippen LogP contribution in [0.1, 0.15) is 39.4 Å². The van der Waals surface area contributed by atoms with Crippen molar-refractivity contribution in [3.05, 3.63) is 112 Å². The van der Waals surface area contributed by atoms with Crippen molar-refractivity contribution in [3.63, 3.8) is 0 Å². The Kier molecular flexibility index (Phi) is 7.41. The molecule has 1 aliphatic heterocycles. The summed E-state index contributed by atoms with van der Waals surface area (Å²) in [6, 6.07) is 16.9. The lowest BCUT2D eigenvalue weighted by Crippen LogP contribution is -2.33. The number of carbonyl (C=O) groups is 1. The predicted octanol–water partition coefficient (Wildman–Crippen LogP) is 4.37. The molecule has 4 N–H and O–H groups in total. The number of methoxy groups -OCH3 is 2. The van der Waals surface area contributed by atoms with Gasteiger partial charge in [-0.3, -0.25) is 4.79 Å². The Morgan fingerprint density at radius 1 is 1.07 bits per heavy atom. The minimum Gasteiger partial charge on any atom is -0.493 e. The Morgan fingerprint density at radius 3 is 2.58 bits per heavy atom. The SMILES string of the molecule is COc1cc(Cc2cnc(N)nc2N)cc(/C=C/C(=O)N2N=Cc3ccccc3C2c2ccc(F)cc2)c1OC. The van der Waals surface area contributed by atoms with Crippen molar-refractivity contribution < 1.29 is 18.7 Å². The second-order valence-corrected chi connectivity index (χ2v) is 9.08. The summed E-state index contributed by atoms with van der Waals surface area (Å²) in [6.07, 6.45) is 6.69. The fraction of sp³-hybridized carbons (Fsp3) is 0.133. The average molecular weight is 539 g/mol. The molecule has 1 aromatic heterocycles.